The highest BCUT2D eigenvalue weighted by atomic mass is 16.5. The van der Waals surface area contributed by atoms with Gasteiger partial charge in [0, 0.05) is 0 Å². The Balaban J connectivity index is 1.87. The van der Waals surface area contributed by atoms with Crippen LogP contribution >= 0.6 is 0 Å². The van der Waals surface area contributed by atoms with Crippen molar-refractivity contribution in [1.82, 2.24) is 0 Å². The van der Waals surface area contributed by atoms with E-state index >= 15 is 0 Å². The summed E-state index contributed by atoms with van der Waals surface area (Å²) in [5.74, 6) is 0.894. The number of aromatic hydroxyl groups is 1. The first kappa shape index (κ1) is 11.6. The highest BCUT2D eigenvalue weighted by Crippen LogP contribution is 2.30. The Morgan fingerprint density at radius 3 is 2.37 bits per heavy atom. The number of nitriles is 1. The predicted molar refractivity (Wildman–Crippen MR) is 71.9 cm³/mol. The first-order chi connectivity index (χ1) is 9.26. The molecule has 0 saturated heterocycles. The maximum Gasteiger partial charge on any atom is 0.133 e. The van der Waals surface area contributed by atoms with Gasteiger partial charge in [-0.2, -0.15) is 5.26 Å². The fourth-order valence-electron chi connectivity index (χ4n) is 1.91. The van der Waals surface area contributed by atoms with Crippen molar-refractivity contribution in [2.45, 2.75) is 18.9 Å². The van der Waals surface area contributed by atoms with E-state index in [4.69, 9.17) is 10.00 Å². The second kappa shape index (κ2) is 4.66. The molecule has 1 aliphatic carbocycles. The minimum absolute atomic E-state index is 0.0138. The van der Waals surface area contributed by atoms with Crippen LogP contribution in [0.4, 0.5) is 0 Å². The van der Waals surface area contributed by atoms with Crippen molar-refractivity contribution in [1.29, 1.82) is 5.26 Å². The van der Waals surface area contributed by atoms with Gasteiger partial charge in [0.1, 0.15) is 17.6 Å². The molecule has 0 aliphatic heterocycles. The molecule has 0 heterocycles. The van der Waals surface area contributed by atoms with Gasteiger partial charge in [0.15, 0.2) is 0 Å². The third kappa shape index (κ3) is 2.53. The van der Waals surface area contributed by atoms with Gasteiger partial charge in [0.05, 0.1) is 11.7 Å². The number of hydrogen-bond acceptors (Lipinski definition) is 3. The second-order valence-corrected chi connectivity index (χ2v) is 4.69. The molecule has 94 valence electrons. The van der Waals surface area contributed by atoms with Gasteiger partial charge < -0.3 is 9.84 Å². The zero-order chi connectivity index (χ0) is 13.2. The number of phenolic OH excluding ortho intramolecular Hbond substituents is 1. The van der Waals surface area contributed by atoms with Crippen LogP contribution in [0.25, 0.3) is 11.1 Å². The van der Waals surface area contributed by atoms with Gasteiger partial charge in [-0.15, -0.1) is 0 Å². The van der Waals surface area contributed by atoms with E-state index < -0.39 is 0 Å². The minimum Gasteiger partial charge on any atom is -0.507 e. The Morgan fingerprint density at radius 2 is 1.74 bits per heavy atom. The number of nitrogens with zero attached hydrogens (tertiary/aromatic N) is 1. The third-order valence-corrected chi connectivity index (χ3v) is 3.13. The maximum atomic E-state index is 9.49. The standard InChI is InChI=1S/C16H13NO2/c17-10-13-9-12(3-8-16(13)18)11-1-4-14(5-2-11)19-15-6-7-15/h1-5,8-9,15,18H,6-7H2. The Labute approximate surface area is 111 Å². The molecule has 0 amide bonds. The summed E-state index contributed by atoms with van der Waals surface area (Å²) in [6.07, 6.45) is 2.68. The van der Waals surface area contributed by atoms with E-state index in [1.807, 2.05) is 30.3 Å². The molecule has 3 nitrogen and oxygen atoms in total. The number of benzene rings is 2. The van der Waals surface area contributed by atoms with Crippen LogP contribution in [-0.2, 0) is 0 Å². The predicted octanol–water partition coefficient (Wildman–Crippen LogP) is 3.47. The van der Waals surface area contributed by atoms with Crippen LogP contribution in [0.1, 0.15) is 18.4 Å². The summed E-state index contributed by atoms with van der Waals surface area (Å²) in [5, 5.41) is 18.4. The average Bonchev–Trinajstić information content (AvgIpc) is 3.24. The number of hydrogen-bond donors (Lipinski definition) is 1. The van der Waals surface area contributed by atoms with E-state index in [0.717, 1.165) is 29.7 Å². The van der Waals surface area contributed by atoms with Crippen LogP contribution in [0.15, 0.2) is 42.5 Å². The van der Waals surface area contributed by atoms with Crippen LogP contribution in [0.5, 0.6) is 11.5 Å². The zero-order valence-corrected chi connectivity index (χ0v) is 10.3. The topological polar surface area (TPSA) is 53.2 Å². The summed E-state index contributed by atoms with van der Waals surface area (Å²) in [6, 6.07) is 14.8. The van der Waals surface area contributed by atoms with E-state index in [2.05, 4.69) is 0 Å². The lowest BCUT2D eigenvalue weighted by molar-refractivity contribution is 0.303. The van der Waals surface area contributed by atoms with Gasteiger partial charge in [-0.25, -0.2) is 0 Å². The van der Waals surface area contributed by atoms with Crippen molar-refractivity contribution in [2.24, 2.45) is 0 Å². The van der Waals surface area contributed by atoms with E-state index in [-0.39, 0.29) is 11.3 Å². The molecule has 2 aromatic rings. The van der Waals surface area contributed by atoms with Gasteiger partial charge in [0.2, 0.25) is 0 Å². The van der Waals surface area contributed by atoms with Crippen molar-refractivity contribution in [2.75, 3.05) is 0 Å². The van der Waals surface area contributed by atoms with Crippen LogP contribution < -0.4 is 4.74 Å². The smallest absolute Gasteiger partial charge is 0.133 e. The Morgan fingerprint density at radius 1 is 1.05 bits per heavy atom. The van der Waals surface area contributed by atoms with Gasteiger partial charge >= 0.3 is 0 Å². The molecule has 0 radical (unpaired) electrons. The molecule has 1 N–H and O–H groups in total. The zero-order valence-electron chi connectivity index (χ0n) is 10.3. The quantitative estimate of drug-likeness (QED) is 0.908. The number of ether oxygens (including phenoxy) is 1. The van der Waals surface area contributed by atoms with Gasteiger partial charge in [-0.1, -0.05) is 18.2 Å². The van der Waals surface area contributed by atoms with Gasteiger partial charge in [-0.3, -0.25) is 0 Å². The highest BCUT2D eigenvalue weighted by Gasteiger charge is 2.23. The molecule has 3 rings (SSSR count). The van der Waals surface area contributed by atoms with Crippen LogP contribution in [-0.4, -0.2) is 11.2 Å². The molecular formula is C16H13NO2. The summed E-state index contributed by atoms with van der Waals surface area (Å²) in [4.78, 5) is 0. The van der Waals surface area contributed by atoms with E-state index in [0.29, 0.717) is 6.10 Å². The highest BCUT2D eigenvalue weighted by molar-refractivity contribution is 5.67. The first-order valence-electron chi connectivity index (χ1n) is 6.26. The SMILES string of the molecule is N#Cc1cc(-c2ccc(OC3CC3)cc2)ccc1O. The third-order valence-electron chi connectivity index (χ3n) is 3.13. The van der Waals surface area contributed by atoms with Crippen LogP contribution in [0.2, 0.25) is 0 Å². The van der Waals surface area contributed by atoms with Gasteiger partial charge in [0.25, 0.3) is 0 Å². The molecule has 2 aromatic carbocycles. The fourth-order valence-corrected chi connectivity index (χ4v) is 1.91. The molecule has 0 atom stereocenters. The monoisotopic (exact) mass is 251 g/mol. The lowest BCUT2D eigenvalue weighted by atomic mass is 10.0. The summed E-state index contributed by atoms with van der Waals surface area (Å²) >= 11 is 0. The average molecular weight is 251 g/mol. The van der Waals surface area contributed by atoms with Crippen molar-refractivity contribution in [3.05, 3.63) is 48.0 Å². The Kier molecular flexibility index (Phi) is 2.85. The van der Waals surface area contributed by atoms with Crippen molar-refractivity contribution in [3.8, 4) is 28.7 Å². The second-order valence-electron chi connectivity index (χ2n) is 4.69. The molecule has 0 unspecified atom stereocenters. The molecular weight excluding hydrogens is 238 g/mol. The largest absolute Gasteiger partial charge is 0.507 e. The van der Waals surface area contributed by atoms with Crippen molar-refractivity contribution in [3.63, 3.8) is 0 Å². The fraction of sp³-hybridized carbons (Fsp3) is 0.188. The Bertz CT molecular complexity index is 637. The van der Waals surface area contributed by atoms with Crippen LogP contribution in [0, 0.1) is 11.3 Å². The molecule has 1 fully saturated rings. The molecule has 0 spiro atoms. The minimum atomic E-state index is 0.0138. The first-order valence-corrected chi connectivity index (χ1v) is 6.26. The van der Waals surface area contributed by atoms with Crippen molar-refractivity contribution >= 4 is 0 Å². The molecule has 19 heavy (non-hydrogen) atoms. The summed E-state index contributed by atoms with van der Waals surface area (Å²) in [6.45, 7) is 0. The summed E-state index contributed by atoms with van der Waals surface area (Å²) < 4.78 is 5.69. The van der Waals surface area contributed by atoms with E-state index in [9.17, 15) is 5.11 Å². The molecule has 3 heteroatoms. The normalized spacial score (nSPS) is 13.8. The lowest BCUT2D eigenvalue weighted by Gasteiger charge is -2.07. The van der Waals surface area contributed by atoms with Crippen LogP contribution in [0.3, 0.4) is 0 Å². The molecule has 1 aliphatic rings. The van der Waals surface area contributed by atoms with E-state index in [1.165, 1.54) is 0 Å². The lowest BCUT2D eigenvalue weighted by Crippen LogP contribution is -1.95. The number of phenols is 1. The molecule has 0 bridgehead atoms. The summed E-state index contributed by atoms with van der Waals surface area (Å²) in [7, 11) is 0. The Hall–Kier alpha value is -2.47. The summed E-state index contributed by atoms with van der Waals surface area (Å²) in [5.41, 5.74) is 2.20. The molecule has 1 saturated carbocycles. The molecule has 0 aromatic heterocycles. The number of rotatable bonds is 3. The van der Waals surface area contributed by atoms with E-state index in [1.54, 1.807) is 18.2 Å². The maximum absolute atomic E-state index is 9.49. The van der Waals surface area contributed by atoms with Gasteiger partial charge in [-0.05, 0) is 48.2 Å². The van der Waals surface area contributed by atoms with Crippen molar-refractivity contribution < 1.29 is 9.84 Å².